The van der Waals surface area contributed by atoms with Gasteiger partial charge in [-0.2, -0.15) is 11.8 Å². The van der Waals surface area contributed by atoms with Gasteiger partial charge in [-0.25, -0.2) is 0 Å². The van der Waals surface area contributed by atoms with E-state index in [2.05, 4.69) is 28.5 Å². The number of nitrogens with one attached hydrogen (secondary N) is 2. The van der Waals surface area contributed by atoms with Gasteiger partial charge in [-0.15, -0.1) is 0 Å². The maximum Gasteiger partial charge on any atom is 0.246 e. The molecule has 1 aliphatic heterocycles. The first-order valence-corrected chi connectivity index (χ1v) is 10.4. The van der Waals surface area contributed by atoms with E-state index in [1.807, 2.05) is 18.4 Å². The number of nitrogens with zero attached hydrogens (tertiary/aromatic N) is 1. The summed E-state index contributed by atoms with van der Waals surface area (Å²) in [4.78, 5) is 26.7. The van der Waals surface area contributed by atoms with Crippen LogP contribution in [0.1, 0.15) is 38.2 Å². The molecule has 5 nitrogen and oxygen atoms in total. The van der Waals surface area contributed by atoms with Crippen molar-refractivity contribution in [2.24, 2.45) is 0 Å². The van der Waals surface area contributed by atoms with Crippen molar-refractivity contribution in [3.05, 3.63) is 23.8 Å². The summed E-state index contributed by atoms with van der Waals surface area (Å²) in [5.74, 6) is 0.584. The fourth-order valence-corrected chi connectivity index (χ4v) is 3.55. The maximum atomic E-state index is 12.6. The highest BCUT2D eigenvalue weighted by Crippen LogP contribution is 2.26. The minimum Gasteiger partial charge on any atom is -0.371 e. The van der Waals surface area contributed by atoms with Gasteiger partial charge in [-0.05, 0) is 62.0 Å². The molecule has 1 aromatic carbocycles. The van der Waals surface area contributed by atoms with E-state index in [4.69, 9.17) is 0 Å². The first-order chi connectivity index (χ1) is 12.0. The van der Waals surface area contributed by atoms with Crippen molar-refractivity contribution >= 4 is 35.0 Å². The Balaban J connectivity index is 2.03. The average molecular weight is 364 g/mol. The van der Waals surface area contributed by atoms with Crippen LogP contribution >= 0.6 is 11.8 Å². The van der Waals surface area contributed by atoms with Crippen LogP contribution in [0.5, 0.6) is 0 Å². The van der Waals surface area contributed by atoms with Gasteiger partial charge in [-0.1, -0.05) is 6.92 Å². The van der Waals surface area contributed by atoms with Crippen molar-refractivity contribution in [3.63, 3.8) is 0 Å². The number of aryl methyl sites for hydroxylation is 1. The Morgan fingerprint density at radius 3 is 2.60 bits per heavy atom. The summed E-state index contributed by atoms with van der Waals surface area (Å²) < 4.78 is 0. The highest BCUT2D eigenvalue weighted by Gasteiger charge is 2.20. The minimum atomic E-state index is -0.488. The lowest BCUT2D eigenvalue weighted by Crippen LogP contribution is -2.44. The molecule has 1 atom stereocenters. The van der Waals surface area contributed by atoms with Crippen LogP contribution in [0.3, 0.4) is 0 Å². The van der Waals surface area contributed by atoms with E-state index in [1.54, 1.807) is 18.7 Å². The van der Waals surface area contributed by atoms with Crippen LogP contribution in [0.2, 0.25) is 0 Å². The van der Waals surface area contributed by atoms with E-state index in [-0.39, 0.29) is 11.8 Å². The Labute approximate surface area is 154 Å². The van der Waals surface area contributed by atoms with Gasteiger partial charge in [-0.3, -0.25) is 9.59 Å². The fraction of sp³-hybridized carbons (Fsp3) is 0.579. The van der Waals surface area contributed by atoms with Crippen LogP contribution in [-0.2, 0) is 9.59 Å². The van der Waals surface area contributed by atoms with Gasteiger partial charge in [0, 0.05) is 30.9 Å². The topological polar surface area (TPSA) is 61.4 Å². The lowest BCUT2D eigenvalue weighted by molar-refractivity contribution is -0.126. The third kappa shape index (κ3) is 5.66. The summed E-state index contributed by atoms with van der Waals surface area (Å²) in [5.41, 5.74) is 3.19. The Bertz CT molecular complexity index is 600. The van der Waals surface area contributed by atoms with Crippen LogP contribution in [0.25, 0.3) is 0 Å². The molecule has 0 spiro atoms. The summed E-state index contributed by atoms with van der Waals surface area (Å²) in [7, 11) is 0. The van der Waals surface area contributed by atoms with Crippen LogP contribution in [-0.4, -0.2) is 43.0 Å². The highest BCUT2D eigenvalue weighted by molar-refractivity contribution is 7.98. The van der Waals surface area contributed by atoms with Gasteiger partial charge >= 0.3 is 0 Å². The first-order valence-electron chi connectivity index (χ1n) is 9.00. The van der Waals surface area contributed by atoms with Gasteiger partial charge in [0.1, 0.15) is 6.04 Å². The van der Waals surface area contributed by atoms with E-state index in [1.165, 1.54) is 18.5 Å². The second-order valence-electron chi connectivity index (χ2n) is 6.44. The predicted octanol–water partition coefficient (Wildman–Crippen LogP) is 3.18. The number of hydrogen-bond acceptors (Lipinski definition) is 4. The van der Waals surface area contributed by atoms with Crippen molar-refractivity contribution in [3.8, 4) is 0 Å². The smallest absolute Gasteiger partial charge is 0.246 e. The third-order valence-electron chi connectivity index (χ3n) is 4.49. The second-order valence-corrected chi connectivity index (χ2v) is 7.43. The summed E-state index contributed by atoms with van der Waals surface area (Å²) in [6.45, 7) is 6.07. The standard InChI is InChI=1S/C19H29N3O2S/c1-4-18(23)21-16(9-12-25-3)19(24)20-15-7-8-17(14(2)13-15)22-10-5-6-11-22/h7-8,13,16H,4-6,9-12H2,1-3H3,(H,20,24)(H,21,23). The molecule has 1 unspecified atom stereocenters. The predicted molar refractivity (Wildman–Crippen MR) is 106 cm³/mol. The quantitative estimate of drug-likeness (QED) is 0.745. The maximum absolute atomic E-state index is 12.6. The first kappa shape index (κ1) is 19.6. The van der Waals surface area contributed by atoms with Crippen molar-refractivity contribution in [2.45, 2.75) is 45.6 Å². The Morgan fingerprint density at radius 2 is 2.00 bits per heavy atom. The number of amides is 2. The zero-order valence-electron chi connectivity index (χ0n) is 15.4. The molecule has 0 radical (unpaired) electrons. The molecule has 25 heavy (non-hydrogen) atoms. The van der Waals surface area contributed by atoms with E-state index >= 15 is 0 Å². The Kier molecular flexibility index (Phi) is 7.62. The SMILES string of the molecule is CCC(=O)NC(CCSC)C(=O)Nc1ccc(N2CCCC2)c(C)c1. The summed E-state index contributed by atoms with van der Waals surface area (Å²) in [6, 6.07) is 5.56. The molecule has 1 saturated heterocycles. The van der Waals surface area contributed by atoms with Gasteiger partial charge in [0.2, 0.25) is 11.8 Å². The molecule has 0 saturated carbocycles. The van der Waals surface area contributed by atoms with Crippen molar-refractivity contribution in [1.29, 1.82) is 0 Å². The summed E-state index contributed by atoms with van der Waals surface area (Å²) in [5, 5.41) is 5.78. The molecule has 0 aromatic heterocycles. The zero-order valence-corrected chi connectivity index (χ0v) is 16.2. The minimum absolute atomic E-state index is 0.0955. The van der Waals surface area contributed by atoms with Gasteiger partial charge < -0.3 is 15.5 Å². The number of anilines is 2. The van der Waals surface area contributed by atoms with Crippen LogP contribution in [0.4, 0.5) is 11.4 Å². The molecule has 2 amide bonds. The van der Waals surface area contributed by atoms with Crippen LogP contribution in [0, 0.1) is 6.92 Å². The molecule has 1 aliphatic rings. The van der Waals surface area contributed by atoms with Gasteiger partial charge in [0.15, 0.2) is 0 Å². The Hall–Kier alpha value is -1.69. The normalized spacial score (nSPS) is 15.1. The average Bonchev–Trinajstić information content (AvgIpc) is 3.12. The van der Waals surface area contributed by atoms with Crippen LogP contribution in [0.15, 0.2) is 18.2 Å². The molecule has 138 valence electrons. The molecule has 1 fully saturated rings. The number of benzene rings is 1. The molecule has 1 heterocycles. The number of carbonyl (C=O) groups is 2. The molecule has 0 aliphatic carbocycles. The van der Waals surface area contributed by atoms with E-state index in [9.17, 15) is 9.59 Å². The summed E-state index contributed by atoms with van der Waals surface area (Å²) >= 11 is 1.67. The molecule has 1 aromatic rings. The lowest BCUT2D eigenvalue weighted by Gasteiger charge is -2.22. The number of carbonyl (C=O) groups excluding carboxylic acids is 2. The van der Waals surface area contributed by atoms with E-state index in [0.717, 1.165) is 30.1 Å². The van der Waals surface area contributed by atoms with Crippen molar-refractivity contribution in [2.75, 3.05) is 35.3 Å². The summed E-state index contributed by atoms with van der Waals surface area (Å²) in [6.07, 6.45) is 5.49. The molecule has 2 N–H and O–H groups in total. The van der Waals surface area contributed by atoms with Crippen LogP contribution < -0.4 is 15.5 Å². The second kappa shape index (κ2) is 9.70. The van der Waals surface area contributed by atoms with Crippen molar-refractivity contribution < 1.29 is 9.59 Å². The monoisotopic (exact) mass is 363 g/mol. The Morgan fingerprint density at radius 1 is 1.28 bits per heavy atom. The third-order valence-corrected chi connectivity index (χ3v) is 5.14. The number of thioether (sulfide) groups is 1. The fourth-order valence-electron chi connectivity index (χ4n) is 3.08. The van der Waals surface area contributed by atoms with Gasteiger partial charge in [0.05, 0.1) is 0 Å². The lowest BCUT2D eigenvalue weighted by atomic mass is 10.1. The largest absolute Gasteiger partial charge is 0.371 e. The molecular weight excluding hydrogens is 334 g/mol. The number of hydrogen-bond donors (Lipinski definition) is 2. The van der Waals surface area contributed by atoms with Crippen molar-refractivity contribution in [1.82, 2.24) is 5.32 Å². The van der Waals surface area contributed by atoms with E-state index < -0.39 is 6.04 Å². The molecule has 6 heteroatoms. The molecule has 2 rings (SSSR count). The van der Waals surface area contributed by atoms with Gasteiger partial charge in [0.25, 0.3) is 0 Å². The highest BCUT2D eigenvalue weighted by atomic mass is 32.2. The van der Waals surface area contributed by atoms with E-state index in [0.29, 0.717) is 12.8 Å². The molecule has 0 bridgehead atoms. The molecular formula is C19H29N3O2S. The zero-order chi connectivity index (χ0) is 18.2. The number of rotatable bonds is 8.